The van der Waals surface area contributed by atoms with Crippen LogP contribution in [-0.2, 0) is 0 Å². The maximum Gasteiger partial charge on any atom is 0.0535 e. The van der Waals surface area contributed by atoms with Crippen LogP contribution in [0, 0.1) is 0 Å². The van der Waals surface area contributed by atoms with Crippen LogP contribution in [0.25, 0.3) is 56.0 Å². The lowest BCUT2D eigenvalue weighted by Crippen LogP contribution is -2.29. The highest BCUT2D eigenvalue weighted by atomic mass is 15.0. The van der Waals surface area contributed by atoms with Gasteiger partial charge in [-0.15, -0.1) is 0 Å². The molecule has 0 amide bonds. The minimum atomic E-state index is 0.220. The number of para-hydroxylation sites is 4. The molecule has 0 saturated heterocycles. The van der Waals surface area contributed by atoms with Crippen LogP contribution in [0.1, 0.15) is 23.0 Å². The average molecular weight is 563 g/mol. The van der Waals surface area contributed by atoms with E-state index in [0.29, 0.717) is 0 Å². The van der Waals surface area contributed by atoms with E-state index in [4.69, 9.17) is 0 Å². The maximum atomic E-state index is 2.42. The molecule has 2 atom stereocenters. The lowest BCUT2D eigenvalue weighted by atomic mass is 9.60. The van der Waals surface area contributed by atoms with Crippen molar-refractivity contribution in [2.75, 3.05) is 0 Å². The number of rotatable bonds is 4. The predicted octanol–water partition coefficient (Wildman–Crippen LogP) is 10.9. The van der Waals surface area contributed by atoms with Crippen molar-refractivity contribution in [1.82, 2.24) is 9.13 Å². The average Bonchev–Trinajstić information content (AvgIpc) is 3.58. The molecule has 2 heterocycles. The van der Waals surface area contributed by atoms with E-state index in [1.807, 2.05) is 0 Å². The molecule has 44 heavy (non-hydrogen) atoms. The monoisotopic (exact) mass is 562 g/mol. The molecule has 1 aliphatic carbocycles. The minimum Gasteiger partial charge on any atom is -0.316 e. The van der Waals surface area contributed by atoms with Gasteiger partial charge in [0.25, 0.3) is 0 Å². The quantitative estimate of drug-likeness (QED) is 0.202. The molecule has 9 rings (SSSR count). The largest absolute Gasteiger partial charge is 0.316 e. The number of hydrogen-bond acceptors (Lipinski definition) is 0. The van der Waals surface area contributed by atoms with Crippen molar-refractivity contribution >= 4 is 56.0 Å². The van der Waals surface area contributed by atoms with Crippen molar-refractivity contribution in [3.8, 4) is 0 Å². The second-order valence-corrected chi connectivity index (χ2v) is 11.8. The molecule has 208 valence electrons. The summed E-state index contributed by atoms with van der Waals surface area (Å²) in [5.74, 6) is 0.440. The number of allylic oxidation sites excluding steroid dienone is 2. The molecule has 2 heteroatoms. The molecule has 2 aromatic heterocycles. The van der Waals surface area contributed by atoms with Gasteiger partial charge in [0.2, 0.25) is 0 Å². The Labute approximate surface area is 256 Å². The molecule has 1 fully saturated rings. The summed E-state index contributed by atoms with van der Waals surface area (Å²) in [6.07, 6.45) is 4.84. The Hall–Kier alpha value is -5.60. The van der Waals surface area contributed by atoms with E-state index in [0.717, 1.165) is 0 Å². The van der Waals surface area contributed by atoms with E-state index in [-0.39, 0.29) is 11.8 Å². The van der Waals surface area contributed by atoms with Crippen LogP contribution >= 0.6 is 0 Å². The van der Waals surface area contributed by atoms with Gasteiger partial charge >= 0.3 is 0 Å². The van der Waals surface area contributed by atoms with Crippen LogP contribution in [-0.4, -0.2) is 9.13 Å². The zero-order valence-corrected chi connectivity index (χ0v) is 24.2. The molecule has 8 aromatic rings. The Morgan fingerprint density at radius 3 is 0.909 bits per heavy atom. The van der Waals surface area contributed by atoms with Gasteiger partial charge in [0, 0.05) is 45.8 Å². The highest BCUT2D eigenvalue weighted by Crippen LogP contribution is 2.58. The second kappa shape index (κ2) is 10.00. The Kier molecular flexibility index (Phi) is 5.67. The summed E-state index contributed by atoms with van der Waals surface area (Å²) in [4.78, 5) is 0. The summed E-state index contributed by atoms with van der Waals surface area (Å²) >= 11 is 0. The first-order valence-corrected chi connectivity index (χ1v) is 15.4. The second-order valence-electron chi connectivity index (χ2n) is 11.8. The summed E-state index contributed by atoms with van der Waals surface area (Å²) in [5.41, 5.74) is 10.3. The number of nitrogens with zero attached hydrogens (tertiary/aromatic N) is 2. The van der Waals surface area contributed by atoms with Crippen LogP contribution in [0.2, 0.25) is 0 Å². The maximum absolute atomic E-state index is 2.42. The van der Waals surface area contributed by atoms with Crippen LogP contribution in [0.4, 0.5) is 0 Å². The third kappa shape index (κ3) is 3.74. The Morgan fingerprint density at radius 1 is 0.318 bits per heavy atom. The Balaban J connectivity index is 1.36. The van der Waals surface area contributed by atoms with Crippen molar-refractivity contribution in [2.24, 2.45) is 0 Å². The zero-order chi connectivity index (χ0) is 29.0. The normalized spacial score (nSPS) is 18.5. The molecule has 2 nitrogen and oxygen atoms in total. The summed E-state index contributed by atoms with van der Waals surface area (Å²) in [7, 11) is 0. The molecule has 6 aromatic carbocycles. The molecular formula is C42H30N2. The van der Waals surface area contributed by atoms with Gasteiger partial charge in [-0.2, -0.15) is 0 Å². The summed E-state index contributed by atoms with van der Waals surface area (Å²) in [6, 6.07) is 57.2. The highest BCUT2D eigenvalue weighted by Gasteiger charge is 2.43. The van der Waals surface area contributed by atoms with Crippen molar-refractivity contribution in [3.05, 3.63) is 180 Å². The SMILES string of the molecule is C(=C1/C(=C/n2c3ccccc3c3ccccc32)[C@H](c2ccccc2)[C@H]1c1ccccc1)n1c2ccccc2c2ccccc21. The van der Waals surface area contributed by atoms with Gasteiger partial charge in [-0.25, -0.2) is 0 Å². The fourth-order valence-electron chi connectivity index (χ4n) is 7.46. The van der Waals surface area contributed by atoms with Crippen LogP contribution in [0.3, 0.4) is 0 Å². The summed E-state index contributed by atoms with van der Waals surface area (Å²) in [5, 5.41) is 5.12. The first kappa shape index (κ1) is 24.9. The van der Waals surface area contributed by atoms with E-state index in [9.17, 15) is 0 Å². The van der Waals surface area contributed by atoms with Crippen molar-refractivity contribution in [3.63, 3.8) is 0 Å². The fourth-order valence-corrected chi connectivity index (χ4v) is 7.46. The topological polar surface area (TPSA) is 9.86 Å². The first-order chi connectivity index (χ1) is 21.9. The molecule has 0 bridgehead atoms. The number of fused-ring (bicyclic) bond motifs is 6. The number of hydrogen-bond donors (Lipinski definition) is 0. The molecule has 1 saturated carbocycles. The van der Waals surface area contributed by atoms with Crippen LogP contribution in [0.5, 0.6) is 0 Å². The van der Waals surface area contributed by atoms with Gasteiger partial charge in [0.1, 0.15) is 0 Å². The Morgan fingerprint density at radius 2 is 0.591 bits per heavy atom. The molecule has 0 spiro atoms. The van der Waals surface area contributed by atoms with Gasteiger partial charge in [0.15, 0.2) is 0 Å². The molecule has 0 N–H and O–H groups in total. The minimum absolute atomic E-state index is 0.220. The van der Waals surface area contributed by atoms with Crippen LogP contribution in [0.15, 0.2) is 169 Å². The molecular weight excluding hydrogens is 532 g/mol. The van der Waals surface area contributed by atoms with E-state index >= 15 is 0 Å². The first-order valence-electron chi connectivity index (χ1n) is 15.4. The number of benzene rings is 6. The summed E-state index contributed by atoms with van der Waals surface area (Å²) in [6.45, 7) is 0. The van der Waals surface area contributed by atoms with Gasteiger partial charge in [-0.1, -0.05) is 133 Å². The Bertz CT molecular complexity index is 2110. The zero-order valence-electron chi connectivity index (χ0n) is 24.2. The fraction of sp³-hybridized carbons (Fsp3) is 0.0476. The molecule has 0 aliphatic heterocycles. The lowest BCUT2D eigenvalue weighted by molar-refractivity contribution is 0.591. The highest BCUT2D eigenvalue weighted by molar-refractivity contribution is 6.10. The van der Waals surface area contributed by atoms with Crippen molar-refractivity contribution in [2.45, 2.75) is 11.8 Å². The van der Waals surface area contributed by atoms with Gasteiger partial charge in [0.05, 0.1) is 22.1 Å². The summed E-state index contributed by atoms with van der Waals surface area (Å²) < 4.78 is 4.83. The van der Waals surface area contributed by atoms with Crippen molar-refractivity contribution < 1.29 is 0 Å². The van der Waals surface area contributed by atoms with E-state index in [1.165, 1.54) is 65.9 Å². The molecule has 0 radical (unpaired) electrons. The van der Waals surface area contributed by atoms with Crippen molar-refractivity contribution in [1.29, 1.82) is 0 Å². The lowest BCUT2D eigenvalue weighted by Gasteiger charge is -2.44. The van der Waals surface area contributed by atoms with Gasteiger partial charge < -0.3 is 9.13 Å². The van der Waals surface area contributed by atoms with E-state index in [2.05, 4.69) is 179 Å². The van der Waals surface area contributed by atoms with Gasteiger partial charge in [-0.3, -0.25) is 0 Å². The van der Waals surface area contributed by atoms with E-state index in [1.54, 1.807) is 0 Å². The van der Waals surface area contributed by atoms with E-state index < -0.39 is 0 Å². The molecule has 1 aliphatic rings. The predicted molar refractivity (Wildman–Crippen MR) is 186 cm³/mol. The standard InChI is InChI=1S/C42H30N2/c1-3-15-29(16-4-1)41-35(27-43-37-23-11-7-19-31(37)32-20-8-12-24-38(32)43)36(42(41)30-17-5-2-6-18-30)28-44-39-25-13-9-21-33(39)34-22-10-14-26-40(34)44/h1-28,41-42H/b35-27-,36-28?/t41-,42-/m0/s1. The third-order valence-corrected chi connectivity index (χ3v) is 9.43. The molecule has 0 unspecified atom stereocenters. The third-order valence-electron chi connectivity index (χ3n) is 9.43. The van der Waals surface area contributed by atoms with Gasteiger partial charge in [-0.05, 0) is 46.5 Å². The number of aromatic nitrogens is 2. The van der Waals surface area contributed by atoms with Crippen LogP contribution < -0.4 is 0 Å². The smallest absolute Gasteiger partial charge is 0.0535 e.